The van der Waals surface area contributed by atoms with Crippen molar-refractivity contribution in [3.05, 3.63) is 30.1 Å². The standard InChI is InChI=1S/C13H17N3O3/c14-13(18)11-9-16(7-8-19-11)12(17)5-4-10-3-1-2-6-15-10/h1-3,6,11H,4-5,7-9H2,(H2,14,18). The Labute approximate surface area is 111 Å². The third kappa shape index (κ3) is 3.75. The Hall–Kier alpha value is -1.95. The zero-order valence-electron chi connectivity index (χ0n) is 10.6. The normalized spacial score (nSPS) is 19.2. The van der Waals surface area contributed by atoms with Crippen molar-refractivity contribution < 1.29 is 14.3 Å². The van der Waals surface area contributed by atoms with Crippen molar-refractivity contribution in [1.82, 2.24) is 9.88 Å². The first-order valence-electron chi connectivity index (χ1n) is 6.25. The van der Waals surface area contributed by atoms with Gasteiger partial charge in [0, 0.05) is 24.9 Å². The van der Waals surface area contributed by atoms with Crippen LogP contribution in [0, 0.1) is 0 Å². The minimum atomic E-state index is -0.687. The summed E-state index contributed by atoms with van der Waals surface area (Å²) in [5.74, 6) is -0.526. The summed E-state index contributed by atoms with van der Waals surface area (Å²) in [5.41, 5.74) is 6.07. The summed E-state index contributed by atoms with van der Waals surface area (Å²) in [4.78, 5) is 28.9. The van der Waals surface area contributed by atoms with Crippen molar-refractivity contribution in [2.75, 3.05) is 19.7 Å². The highest BCUT2D eigenvalue weighted by molar-refractivity contribution is 5.81. The van der Waals surface area contributed by atoms with Crippen LogP contribution in [0.25, 0.3) is 0 Å². The molecule has 1 fully saturated rings. The van der Waals surface area contributed by atoms with E-state index in [9.17, 15) is 9.59 Å². The maximum Gasteiger partial charge on any atom is 0.248 e. The van der Waals surface area contributed by atoms with Crippen LogP contribution in [-0.2, 0) is 20.7 Å². The number of aromatic nitrogens is 1. The number of nitrogens with zero attached hydrogens (tertiary/aromatic N) is 2. The maximum atomic E-state index is 12.0. The lowest BCUT2D eigenvalue weighted by Gasteiger charge is -2.31. The second-order valence-electron chi connectivity index (χ2n) is 4.42. The van der Waals surface area contributed by atoms with Crippen LogP contribution in [0.5, 0.6) is 0 Å². The first kappa shape index (κ1) is 13.5. The third-order valence-electron chi connectivity index (χ3n) is 3.06. The second kappa shape index (κ2) is 6.29. The van der Waals surface area contributed by atoms with E-state index in [0.717, 1.165) is 5.69 Å². The highest BCUT2D eigenvalue weighted by atomic mass is 16.5. The smallest absolute Gasteiger partial charge is 0.248 e. The molecule has 102 valence electrons. The van der Waals surface area contributed by atoms with E-state index in [0.29, 0.717) is 26.0 Å². The van der Waals surface area contributed by atoms with Crippen LogP contribution in [0.15, 0.2) is 24.4 Å². The summed E-state index contributed by atoms with van der Waals surface area (Å²) in [5, 5.41) is 0. The minimum Gasteiger partial charge on any atom is -0.367 e. The Bertz CT molecular complexity index is 450. The van der Waals surface area contributed by atoms with Crippen molar-refractivity contribution in [3.8, 4) is 0 Å². The van der Waals surface area contributed by atoms with E-state index in [-0.39, 0.29) is 12.5 Å². The van der Waals surface area contributed by atoms with Crippen LogP contribution >= 0.6 is 0 Å². The monoisotopic (exact) mass is 263 g/mol. The average molecular weight is 263 g/mol. The maximum absolute atomic E-state index is 12.0. The number of hydrogen-bond donors (Lipinski definition) is 1. The molecule has 2 amide bonds. The van der Waals surface area contributed by atoms with Crippen LogP contribution in [0.4, 0.5) is 0 Å². The average Bonchev–Trinajstić information content (AvgIpc) is 2.46. The lowest BCUT2D eigenvalue weighted by atomic mass is 10.2. The summed E-state index contributed by atoms with van der Waals surface area (Å²) in [6, 6.07) is 5.62. The molecule has 0 bridgehead atoms. The van der Waals surface area contributed by atoms with E-state index in [1.165, 1.54) is 0 Å². The molecule has 19 heavy (non-hydrogen) atoms. The minimum absolute atomic E-state index is 0.000188. The fraction of sp³-hybridized carbons (Fsp3) is 0.462. The predicted octanol–water partition coefficient (Wildman–Crippen LogP) is -0.273. The van der Waals surface area contributed by atoms with Crippen molar-refractivity contribution in [3.63, 3.8) is 0 Å². The molecule has 6 nitrogen and oxygen atoms in total. The van der Waals surface area contributed by atoms with Gasteiger partial charge in [-0.2, -0.15) is 0 Å². The molecule has 1 aromatic rings. The number of aryl methyl sites for hydroxylation is 1. The molecule has 2 N–H and O–H groups in total. The van der Waals surface area contributed by atoms with Gasteiger partial charge in [0.1, 0.15) is 0 Å². The van der Waals surface area contributed by atoms with Crippen molar-refractivity contribution >= 4 is 11.8 Å². The summed E-state index contributed by atoms with van der Waals surface area (Å²) in [7, 11) is 0. The van der Waals surface area contributed by atoms with Gasteiger partial charge in [-0.15, -0.1) is 0 Å². The number of amides is 2. The third-order valence-corrected chi connectivity index (χ3v) is 3.06. The molecule has 2 heterocycles. The van der Waals surface area contributed by atoms with Crippen LogP contribution in [0.3, 0.4) is 0 Å². The first-order valence-corrected chi connectivity index (χ1v) is 6.25. The molecule has 0 spiro atoms. The van der Waals surface area contributed by atoms with Gasteiger partial charge in [0.15, 0.2) is 6.10 Å². The number of hydrogen-bond acceptors (Lipinski definition) is 4. The molecule has 0 radical (unpaired) electrons. The van der Waals surface area contributed by atoms with Gasteiger partial charge in [-0.05, 0) is 18.6 Å². The van der Waals surface area contributed by atoms with Crippen molar-refractivity contribution in [1.29, 1.82) is 0 Å². The molecule has 0 aliphatic carbocycles. The fourth-order valence-corrected chi connectivity index (χ4v) is 1.99. The Balaban J connectivity index is 1.84. The SMILES string of the molecule is NC(=O)C1CN(C(=O)CCc2ccccn2)CCO1. The zero-order valence-corrected chi connectivity index (χ0v) is 10.6. The fourth-order valence-electron chi connectivity index (χ4n) is 1.99. The van der Waals surface area contributed by atoms with Gasteiger partial charge < -0.3 is 15.4 Å². The summed E-state index contributed by atoms with van der Waals surface area (Å²) >= 11 is 0. The van der Waals surface area contributed by atoms with Gasteiger partial charge in [-0.3, -0.25) is 14.6 Å². The van der Waals surface area contributed by atoms with E-state index in [4.69, 9.17) is 10.5 Å². The largest absolute Gasteiger partial charge is 0.367 e. The number of rotatable bonds is 4. The molecule has 1 saturated heterocycles. The number of primary amides is 1. The van der Waals surface area contributed by atoms with Gasteiger partial charge in [0.2, 0.25) is 11.8 Å². The van der Waals surface area contributed by atoms with Crippen LogP contribution in [0.2, 0.25) is 0 Å². The Morgan fingerprint density at radius 1 is 1.47 bits per heavy atom. The molecular formula is C13H17N3O3. The van der Waals surface area contributed by atoms with Crippen LogP contribution in [0.1, 0.15) is 12.1 Å². The van der Waals surface area contributed by atoms with Crippen LogP contribution in [-0.4, -0.2) is 47.5 Å². The second-order valence-corrected chi connectivity index (χ2v) is 4.42. The Morgan fingerprint density at radius 2 is 2.32 bits per heavy atom. The molecule has 2 rings (SSSR count). The van der Waals surface area contributed by atoms with Crippen molar-refractivity contribution in [2.24, 2.45) is 5.73 Å². The molecule has 1 aliphatic heterocycles. The topological polar surface area (TPSA) is 85.5 Å². The predicted molar refractivity (Wildman–Crippen MR) is 68.1 cm³/mol. The molecule has 0 aromatic carbocycles. The van der Waals surface area contributed by atoms with E-state index in [1.807, 2.05) is 18.2 Å². The summed E-state index contributed by atoms with van der Waals surface area (Å²) in [6.45, 7) is 1.10. The quantitative estimate of drug-likeness (QED) is 0.810. The zero-order chi connectivity index (χ0) is 13.7. The number of nitrogens with two attached hydrogens (primary N) is 1. The lowest BCUT2D eigenvalue weighted by Crippen LogP contribution is -2.50. The molecule has 1 aliphatic rings. The highest BCUT2D eigenvalue weighted by Gasteiger charge is 2.27. The number of morpholine rings is 1. The van der Waals surface area contributed by atoms with Gasteiger partial charge >= 0.3 is 0 Å². The van der Waals surface area contributed by atoms with Gasteiger partial charge in [0.25, 0.3) is 0 Å². The molecule has 0 saturated carbocycles. The van der Waals surface area contributed by atoms with Gasteiger partial charge in [-0.25, -0.2) is 0 Å². The first-order chi connectivity index (χ1) is 9.16. The van der Waals surface area contributed by atoms with Gasteiger partial charge in [0.05, 0.1) is 13.2 Å². The molecule has 1 aromatic heterocycles. The molecule has 1 atom stereocenters. The Morgan fingerprint density at radius 3 is 3.00 bits per heavy atom. The van der Waals surface area contributed by atoms with E-state index in [2.05, 4.69) is 4.98 Å². The van der Waals surface area contributed by atoms with E-state index in [1.54, 1.807) is 11.1 Å². The number of carbonyl (C=O) groups excluding carboxylic acids is 2. The van der Waals surface area contributed by atoms with E-state index >= 15 is 0 Å². The lowest BCUT2D eigenvalue weighted by molar-refractivity contribution is -0.145. The number of ether oxygens (including phenoxy) is 1. The highest BCUT2D eigenvalue weighted by Crippen LogP contribution is 2.08. The Kier molecular flexibility index (Phi) is 4.46. The number of carbonyl (C=O) groups is 2. The molecular weight excluding hydrogens is 246 g/mol. The van der Waals surface area contributed by atoms with Gasteiger partial charge in [-0.1, -0.05) is 6.07 Å². The summed E-state index contributed by atoms with van der Waals surface area (Å²) in [6.07, 6.45) is 1.99. The molecule has 6 heteroatoms. The summed E-state index contributed by atoms with van der Waals surface area (Å²) < 4.78 is 5.20. The molecule has 1 unspecified atom stereocenters. The van der Waals surface area contributed by atoms with Crippen molar-refractivity contribution in [2.45, 2.75) is 18.9 Å². The number of pyridine rings is 1. The van der Waals surface area contributed by atoms with E-state index < -0.39 is 12.0 Å². The van der Waals surface area contributed by atoms with Crippen LogP contribution < -0.4 is 5.73 Å².